The fourth-order valence-corrected chi connectivity index (χ4v) is 4.53. The Morgan fingerprint density at radius 2 is 1.95 bits per heavy atom. The Labute approximate surface area is 118 Å². The van der Waals surface area contributed by atoms with Crippen LogP contribution in [0.2, 0.25) is 0 Å². The molecule has 0 aromatic heterocycles. The monoisotopic (exact) mass is 266 g/mol. The van der Waals surface area contributed by atoms with E-state index in [4.69, 9.17) is 4.74 Å². The molecule has 3 heteroatoms. The first-order chi connectivity index (χ1) is 9.36. The number of nitrogens with one attached hydrogen (secondary N) is 1. The number of ether oxygens (including phenoxy) is 1. The second-order valence-electron chi connectivity index (χ2n) is 6.87. The lowest BCUT2D eigenvalue weighted by Crippen LogP contribution is -2.50. The third-order valence-electron chi connectivity index (χ3n) is 5.71. The van der Waals surface area contributed by atoms with E-state index in [9.17, 15) is 0 Å². The summed E-state index contributed by atoms with van der Waals surface area (Å²) in [5.41, 5.74) is 0. The molecule has 0 radical (unpaired) electrons. The molecule has 110 valence electrons. The maximum absolute atomic E-state index is 5.70. The average molecular weight is 266 g/mol. The molecular formula is C16H30N2O. The number of likely N-dealkylation sites (tertiary alicyclic amines) is 1. The molecule has 2 heterocycles. The van der Waals surface area contributed by atoms with E-state index >= 15 is 0 Å². The van der Waals surface area contributed by atoms with Gasteiger partial charge in [-0.2, -0.15) is 0 Å². The molecule has 1 saturated carbocycles. The van der Waals surface area contributed by atoms with Gasteiger partial charge in [-0.25, -0.2) is 0 Å². The zero-order chi connectivity index (χ0) is 13.1. The Kier molecular flexibility index (Phi) is 4.78. The molecular weight excluding hydrogens is 236 g/mol. The lowest BCUT2D eigenvalue weighted by Gasteiger charge is -2.43. The minimum absolute atomic E-state index is 0.665. The van der Waals surface area contributed by atoms with Crippen LogP contribution in [0.15, 0.2) is 0 Å². The molecule has 0 aromatic carbocycles. The van der Waals surface area contributed by atoms with Crippen molar-refractivity contribution in [2.24, 2.45) is 17.8 Å². The van der Waals surface area contributed by atoms with Crippen molar-refractivity contribution in [3.05, 3.63) is 0 Å². The standard InChI is InChI=1S/C16H30N2O/c1-17-16-7-9-19-12-15(16)11-18-8-6-13-4-2-3-5-14(13)10-18/h13-17H,2-12H2,1H3. The fraction of sp³-hybridized carbons (Fsp3) is 1.00. The van der Waals surface area contributed by atoms with Gasteiger partial charge in [0.1, 0.15) is 0 Å². The van der Waals surface area contributed by atoms with Gasteiger partial charge < -0.3 is 15.0 Å². The number of piperidine rings is 1. The molecule has 0 bridgehead atoms. The molecule has 3 fully saturated rings. The van der Waals surface area contributed by atoms with Gasteiger partial charge in [-0.1, -0.05) is 19.3 Å². The van der Waals surface area contributed by atoms with Crippen LogP contribution in [0, 0.1) is 17.8 Å². The smallest absolute Gasteiger partial charge is 0.0521 e. The molecule has 3 rings (SSSR count). The molecule has 1 aliphatic carbocycles. The summed E-state index contributed by atoms with van der Waals surface area (Å²) < 4.78 is 5.70. The summed E-state index contributed by atoms with van der Waals surface area (Å²) in [5.74, 6) is 2.74. The fourth-order valence-electron chi connectivity index (χ4n) is 4.53. The van der Waals surface area contributed by atoms with Crippen molar-refractivity contribution in [2.75, 3.05) is 39.9 Å². The topological polar surface area (TPSA) is 24.5 Å². The largest absolute Gasteiger partial charge is 0.381 e. The lowest BCUT2D eigenvalue weighted by atomic mass is 9.75. The van der Waals surface area contributed by atoms with E-state index < -0.39 is 0 Å². The van der Waals surface area contributed by atoms with Crippen molar-refractivity contribution in [2.45, 2.75) is 44.6 Å². The highest BCUT2D eigenvalue weighted by Gasteiger charge is 2.33. The Bertz CT molecular complexity index is 284. The van der Waals surface area contributed by atoms with E-state index in [-0.39, 0.29) is 0 Å². The summed E-state index contributed by atoms with van der Waals surface area (Å²) in [6, 6.07) is 0.665. The van der Waals surface area contributed by atoms with Crippen molar-refractivity contribution in [1.82, 2.24) is 10.2 Å². The summed E-state index contributed by atoms with van der Waals surface area (Å²) in [6.07, 6.45) is 8.58. The number of nitrogens with zero attached hydrogens (tertiary/aromatic N) is 1. The van der Waals surface area contributed by atoms with Crippen LogP contribution in [0.1, 0.15) is 38.5 Å². The van der Waals surface area contributed by atoms with Gasteiger partial charge in [0.05, 0.1) is 6.61 Å². The summed E-state index contributed by atoms with van der Waals surface area (Å²) in [6.45, 7) is 5.82. The van der Waals surface area contributed by atoms with E-state index in [1.165, 1.54) is 58.2 Å². The third kappa shape index (κ3) is 3.32. The highest BCUT2D eigenvalue weighted by atomic mass is 16.5. The first-order valence-corrected chi connectivity index (χ1v) is 8.34. The second kappa shape index (κ2) is 6.55. The summed E-state index contributed by atoms with van der Waals surface area (Å²) in [7, 11) is 2.11. The van der Waals surface area contributed by atoms with Gasteiger partial charge in [0, 0.05) is 31.7 Å². The normalized spacial score (nSPS) is 40.9. The predicted molar refractivity (Wildman–Crippen MR) is 78.3 cm³/mol. The van der Waals surface area contributed by atoms with E-state index in [2.05, 4.69) is 17.3 Å². The van der Waals surface area contributed by atoms with E-state index in [1.54, 1.807) is 0 Å². The van der Waals surface area contributed by atoms with Crippen molar-refractivity contribution < 1.29 is 4.74 Å². The number of hydrogen-bond donors (Lipinski definition) is 1. The minimum atomic E-state index is 0.665. The van der Waals surface area contributed by atoms with Gasteiger partial charge in [-0.15, -0.1) is 0 Å². The molecule has 2 aliphatic heterocycles. The molecule has 0 spiro atoms. The van der Waals surface area contributed by atoms with Crippen LogP contribution in [-0.2, 0) is 4.74 Å². The highest BCUT2D eigenvalue weighted by Crippen LogP contribution is 2.36. The summed E-state index contributed by atoms with van der Waals surface area (Å²) >= 11 is 0. The SMILES string of the molecule is CNC1CCOCC1CN1CCC2CCCCC2C1. The van der Waals surface area contributed by atoms with Crippen LogP contribution in [-0.4, -0.2) is 50.8 Å². The van der Waals surface area contributed by atoms with Gasteiger partial charge in [-0.3, -0.25) is 0 Å². The first-order valence-electron chi connectivity index (χ1n) is 8.34. The van der Waals surface area contributed by atoms with Gasteiger partial charge >= 0.3 is 0 Å². The maximum Gasteiger partial charge on any atom is 0.0521 e. The van der Waals surface area contributed by atoms with Crippen molar-refractivity contribution in [3.63, 3.8) is 0 Å². The second-order valence-corrected chi connectivity index (χ2v) is 6.87. The zero-order valence-corrected chi connectivity index (χ0v) is 12.4. The van der Waals surface area contributed by atoms with Gasteiger partial charge in [0.2, 0.25) is 0 Å². The van der Waals surface area contributed by atoms with Crippen LogP contribution in [0.5, 0.6) is 0 Å². The van der Waals surface area contributed by atoms with E-state index in [0.717, 1.165) is 25.0 Å². The Balaban J connectivity index is 1.52. The molecule has 0 aromatic rings. The minimum Gasteiger partial charge on any atom is -0.381 e. The molecule has 2 saturated heterocycles. The van der Waals surface area contributed by atoms with Crippen molar-refractivity contribution in [3.8, 4) is 0 Å². The maximum atomic E-state index is 5.70. The van der Waals surface area contributed by atoms with E-state index in [1.807, 2.05) is 0 Å². The van der Waals surface area contributed by atoms with Crippen LogP contribution in [0.25, 0.3) is 0 Å². The highest BCUT2D eigenvalue weighted by molar-refractivity contribution is 4.87. The van der Waals surface area contributed by atoms with Crippen molar-refractivity contribution in [1.29, 1.82) is 0 Å². The van der Waals surface area contributed by atoms with Gasteiger partial charge in [0.25, 0.3) is 0 Å². The quantitative estimate of drug-likeness (QED) is 0.847. The predicted octanol–water partition coefficient (Wildman–Crippen LogP) is 2.12. The lowest BCUT2D eigenvalue weighted by molar-refractivity contribution is 0.00270. The molecule has 1 N–H and O–H groups in total. The first kappa shape index (κ1) is 13.8. The van der Waals surface area contributed by atoms with Crippen LogP contribution in [0.4, 0.5) is 0 Å². The molecule has 19 heavy (non-hydrogen) atoms. The number of rotatable bonds is 3. The van der Waals surface area contributed by atoms with E-state index in [0.29, 0.717) is 12.0 Å². The summed E-state index contributed by atoms with van der Waals surface area (Å²) in [4.78, 5) is 2.73. The van der Waals surface area contributed by atoms with Crippen LogP contribution in [0.3, 0.4) is 0 Å². The number of hydrogen-bond acceptors (Lipinski definition) is 3. The molecule has 3 aliphatic rings. The van der Waals surface area contributed by atoms with Crippen LogP contribution >= 0.6 is 0 Å². The third-order valence-corrected chi connectivity index (χ3v) is 5.71. The van der Waals surface area contributed by atoms with Crippen LogP contribution < -0.4 is 5.32 Å². The molecule has 3 nitrogen and oxygen atoms in total. The molecule has 0 amide bonds. The Hall–Kier alpha value is -0.120. The Morgan fingerprint density at radius 3 is 2.79 bits per heavy atom. The zero-order valence-electron chi connectivity index (χ0n) is 12.4. The van der Waals surface area contributed by atoms with Gasteiger partial charge in [-0.05, 0) is 44.7 Å². The van der Waals surface area contributed by atoms with Gasteiger partial charge in [0.15, 0.2) is 0 Å². The van der Waals surface area contributed by atoms with Crippen molar-refractivity contribution >= 4 is 0 Å². The Morgan fingerprint density at radius 1 is 1.11 bits per heavy atom. The molecule has 4 unspecified atom stereocenters. The average Bonchev–Trinajstić information content (AvgIpc) is 2.48. The molecule has 4 atom stereocenters. The number of fused-ring (bicyclic) bond motifs is 1. The summed E-state index contributed by atoms with van der Waals surface area (Å²) in [5, 5.41) is 3.49.